The van der Waals surface area contributed by atoms with Crippen LogP contribution in [0.5, 0.6) is 0 Å². The monoisotopic (exact) mass is 1300 g/mol. The topological polar surface area (TPSA) is 358 Å². The number of nitrogens with zero attached hydrogens (tertiary/aromatic N) is 9. The standard InChI is InChI=1S/C30H26BrN9O3S2.C28H23N9O3S2/c1-3-20-24(29(43)40-11-9-19-16(8-10-31)12-35-26(23(19)40)36-15(2)41)44-30(37-20)38-28-22(27(42)39-45-28)25(32)34-14-17-13-33-21-7-5-4-6-18(17)21;1-2-18-23-17(16(11-29)12-32-18)6-8-37(23)27(40)20-13-33-28(41-20)35-26-22(25(39)36-42-26)24(30)31-7-5-14-3-4-15-10-21(38)34-19(15)9-14/h4-13,33H,3,14H2,1-2H3,(H2,32,34)(H,37,38)(H,39,42)(H,35,36,41);2-4,9,12-13H,1,5-8,10H2,(H2,30,31)(H,33,35)(H,34,38)(H,36,39)/b10-8+;. The molecule has 438 valence electrons. The quantitative estimate of drug-likeness (QED) is 0.0303. The molecule has 0 saturated carbocycles. The van der Waals surface area contributed by atoms with E-state index in [1.807, 2.05) is 61.7 Å². The fraction of sp³-hybridized carbons (Fsp3) is 0.155. The highest BCUT2D eigenvalue weighted by molar-refractivity contribution is 9.11. The zero-order valence-electron chi connectivity index (χ0n) is 46.0. The third-order valence-corrected chi connectivity index (χ3v) is 17.7. The molecule has 24 nitrogen and oxygen atoms in total. The summed E-state index contributed by atoms with van der Waals surface area (Å²) in [6.45, 7) is 8.12. The number of aromatic nitrogens is 8. The highest BCUT2D eigenvalue weighted by Crippen LogP contribution is 2.37. The van der Waals surface area contributed by atoms with E-state index in [4.69, 9.17) is 11.5 Å². The molecule has 10 aromatic rings. The van der Waals surface area contributed by atoms with Crippen molar-refractivity contribution in [3.63, 3.8) is 0 Å². The number of hydrogen-bond acceptors (Lipinski definition) is 19. The molecule has 10 heterocycles. The number of thiazole rings is 2. The lowest BCUT2D eigenvalue weighted by molar-refractivity contribution is -0.115. The SMILES string of the molecule is C=Cc1ncc(C#N)c2c1N(C(=O)c1cnc(Nc3s[nH]c(=O)c3C(N)=NCCc3ccc4c(c3)NC(=O)C4)s1)CC2.CCc1nc(Nc2s[nH]c(=O)c2C(N)=NCc2c[nH]c3ccccc23)sc1C(=O)n1ccc2c(/C=C/Br)cnc(NC(C)=O)c21. The number of fused-ring (bicyclic) bond motifs is 4. The summed E-state index contributed by atoms with van der Waals surface area (Å²) in [5.74, 6) is -0.498. The maximum Gasteiger partial charge on any atom is 0.274 e. The maximum absolute atomic E-state index is 14.0. The second kappa shape index (κ2) is 25.3. The number of hydrogen-bond donors (Lipinski definition) is 9. The van der Waals surface area contributed by atoms with Crippen LogP contribution in [-0.2, 0) is 41.8 Å². The van der Waals surface area contributed by atoms with Gasteiger partial charge >= 0.3 is 0 Å². The average Bonchev–Trinajstić information content (AvgIpc) is 2.05. The first-order chi connectivity index (χ1) is 42.1. The van der Waals surface area contributed by atoms with Crippen molar-refractivity contribution in [1.29, 1.82) is 5.26 Å². The average molecular weight is 1300 g/mol. The number of nitrogens with two attached hydrogens (primary N) is 2. The predicted octanol–water partition coefficient (Wildman–Crippen LogP) is 9.14. The smallest absolute Gasteiger partial charge is 0.274 e. The summed E-state index contributed by atoms with van der Waals surface area (Å²) in [4.78, 5) is 110. The number of aryl methyl sites for hydroxylation is 1. The van der Waals surface area contributed by atoms with Gasteiger partial charge in [0.05, 0.1) is 47.3 Å². The van der Waals surface area contributed by atoms with Gasteiger partial charge in [-0.05, 0) is 99.9 Å². The van der Waals surface area contributed by atoms with Crippen LogP contribution in [0, 0.1) is 11.3 Å². The van der Waals surface area contributed by atoms with Crippen molar-refractivity contribution >= 4 is 168 Å². The van der Waals surface area contributed by atoms with Crippen LogP contribution in [0.15, 0.2) is 111 Å². The molecular weight excluding hydrogens is 1250 g/mol. The molecule has 3 amide bonds. The van der Waals surface area contributed by atoms with Crippen LogP contribution in [0.25, 0.3) is 34.0 Å². The van der Waals surface area contributed by atoms with E-state index in [0.717, 1.165) is 95.5 Å². The molecule has 2 aliphatic heterocycles. The van der Waals surface area contributed by atoms with E-state index in [0.29, 0.717) is 96.9 Å². The van der Waals surface area contributed by atoms with Crippen LogP contribution in [0.3, 0.4) is 0 Å². The molecule has 0 bridgehead atoms. The van der Waals surface area contributed by atoms with Crippen LogP contribution in [0.4, 0.5) is 37.5 Å². The number of nitrogens with one attached hydrogen (secondary N) is 7. The minimum absolute atomic E-state index is 0.0208. The van der Waals surface area contributed by atoms with Gasteiger partial charge in [-0.25, -0.2) is 15.0 Å². The summed E-state index contributed by atoms with van der Waals surface area (Å²) in [6.07, 6.45) is 13.5. The third kappa shape index (κ3) is 12.0. The van der Waals surface area contributed by atoms with Crippen LogP contribution in [-0.4, -0.2) is 86.6 Å². The van der Waals surface area contributed by atoms with E-state index < -0.39 is 0 Å². The fourth-order valence-corrected chi connectivity index (χ4v) is 13.6. The lowest BCUT2D eigenvalue weighted by Crippen LogP contribution is -2.28. The number of amidine groups is 2. The molecule has 0 saturated heterocycles. The number of amides is 3. The second-order valence-electron chi connectivity index (χ2n) is 19.4. The number of halogens is 1. The van der Waals surface area contributed by atoms with E-state index in [9.17, 15) is 34.0 Å². The summed E-state index contributed by atoms with van der Waals surface area (Å²) < 4.78 is 6.84. The Morgan fingerprint density at radius 1 is 0.920 bits per heavy atom. The van der Waals surface area contributed by atoms with Gasteiger partial charge in [0.25, 0.3) is 22.9 Å². The first kappa shape index (κ1) is 58.8. The van der Waals surface area contributed by atoms with Crippen molar-refractivity contribution in [3.05, 3.63) is 177 Å². The number of aromatic amines is 3. The number of para-hydroxylation sites is 1. The Labute approximate surface area is 518 Å². The van der Waals surface area contributed by atoms with Crippen molar-refractivity contribution in [2.75, 3.05) is 39.3 Å². The van der Waals surface area contributed by atoms with E-state index in [1.165, 1.54) is 23.9 Å². The number of benzene rings is 2. The van der Waals surface area contributed by atoms with Gasteiger partial charge in [-0.1, -0.05) is 82.4 Å². The number of carbonyl (C=O) groups excluding carboxylic acids is 4. The zero-order chi connectivity index (χ0) is 61.0. The van der Waals surface area contributed by atoms with Crippen molar-refractivity contribution in [1.82, 2.24) is 38.2 Å². The van der Waals surface area contributed by atoms with Gasteiger partial charge in [-0.3, -0.25) is 57.1 Å². The molecule has 0 spiro atoms. The number of aliphatic imine (C=N–C) groups is 2. The third-order valence-electron chi connectivity index (χ3n) is 14.0. The summed E-state index contributed by atoms with van der Waals surface area (Å²) in [5.41, 5.74) is 21.1. The van der Waals surface area contributed by atoms with E-state index in [-0.39, 0.29) is 69.9 Å². The number of rotatable bonds is 17. The van der Waals surface area contributed by atoms with Crippen molar-refractivity contribution in [2.45, 2.75) is 46.1 Å². The normalized spacial score (nSPS) is 12.9. The summed E-state index contributed by atoms with van der Waals surface area (Å²) in [7, 11) is 0. The highest BCUT2D eigenvalue weighted by Gasteiger charge is 2.32. The number of anilines is 7. The first-order valence-electron chi connectivity index (χ1n) is 26.6. The van der Waals surface area contributed by atoms with Gasteiger partial charge in [-0.15, -0.1) is 0 Å². The summed E-state index contributed by atoms with van der Waals surface area (Å²) >= 11 is 7.71. The van der Waals surface area contributed by atoms with Crippen LogP contribution in [0.2, 0.25) is 0 Å². The van der Waals surface area contributed by atoms with Crippen LogP contribution in [0.1, 0.15) is 89.1 Å². The molecule has 0 radical (unpaired) electrons. The Balaban J connectivity index is 0.000000181. The minimum Gasteiger partial charge on any atom is -0.383 e. The Bertz CT molecular complexity index is 4680. The second-order valence-corrected chi connectivity index (χ2v) is 23.6. The molecule has 0 unspecified atom stereocenters. The molecule has 12 rings (SSSR count). The van der Waals surface area contributed by atoms with E-state index in [2.05, 4.69) is 93.5 Å². The van der Waals surface area contributed by atoms with E-state index in [1.54, 1.807) is 34.4 Å². The van der Waals surface area contributed by atoms with Gasteiger partial charge in [0.2, 0.25) is 11.8 Å². The molecule has 2 aromatic carbocycles. The first-order valence-corrected chi connectivity index (χ1v) is 30.8. The lowest BCUT2D eigenvalue weighted by Gasteiger charge is -2.18. The fourth-order valence-electron chi connectivity index (χ4n) is 9.93. The van der Waals surface area contributed by atoms with Gasteiger partial charge in [-0.2, -0.15) is 5.26 Å². The molecule has 29 heteroatoms. The number of carbonyl (C=O) groups is 4. The molecule has 0 aliphatic carbocycles. The Morgan fingerprint density at radius 2 is 1.68 bits per heavy atom. The van der Waals surface area contributed by atoms with E-state index >= 15 is 0 Å². The molecule has 87 heavy (non-hydrogen) atoms. The molecule has 11 N–H and O–H groups in total. The largest absolute Gasteiger partial charge is 0.383 e. The molecular formula is C58H49BrN18O6S4. The van der Waals surface area contributed by atoms with Gasteiger partial charge in [0.1, 0.15) is 48.6 Å². The Kier molecular flexibility index (Phi) is 17.1. The van der Waals surface area contributed by atoms with Crippen LogP contribution >= 0.6 is 61.7 Å². The van der Waals surface area contributed by atoms with Gasteiger partial charge in [0, 0.05) is 72.3 Å². The van der Waals surface area contributed by atoms with Crippen LogP contribution < -0.4 is 48.8 Å². The molecule has 8 aromatic heterocycles. The van der Waals surface area contributed by atoms with Crippen molar-refractivity contribution in [3.8, 4) is 6.07 Å². The Morgan fingerprint density at radius 3 is 2.41 bits per heavy atom. The van der Waals surface area contributed by atoms with Gasteiger partial charge in [0.15, 0.2) is 16.1 Å². The van der Waals surface area contributed by atoms with Crippen molar-refractivity contribution in [2.24, 2.45) is 21.5 Å². The zero-order valence-corrected chi connectivity index (χ0v) is 50.9. The molecule has 0 atom stereocenters. The summed E-state index contributed by atoms with van der Waals surface area (Å²) in [6, 6.07) is 17.6. The Hall–Kier alpha value is -9.99. The maximum atomic E-state index is 14.0. The minimum atomic E-state index is -0.386. The number of pyridine rings is 2. The number of nitriles is 1. The number of H-pyrrole nitrogens is 3. The highest BCUT2D eigenvalue weighted by atomic mass is 79.9. The molecule has 0 fully saturated rings. The summed E-state index contributed by atoms with van der Waals surface area (Å²) in [5, 5.41) is 24.7. The lowest BCUT2D eigenvalue weighted by atomic mass is 10.1. The molecule has 2 aliphatic rings. The van der Waals surface area contributed by atoms with Gasteiger partial charge < -0.3 is 42.6 Å². The predicted molar refractivity (Wildman–Crippen MR) is 347 cm³/mol. The van der Waals surface area contributed by atoms with Crippen molar-refractivity contribution < 1.29 is 19.2 Å².